The van der Waals surface area contributed by atoms with E-state index in [1.807, 2.05) is 18.2 Å². The molecular formula is C18H21NO3. The van der Waals surface area contributed by atoms with Gasteiger partial charge in [-0.05, 0) is 23.6 Å². The lowest BCUT2D eigenvalue weighted by Crippen LogP contribution is -2.27. The fraction of sp³-hybridized carbons (Fsp3) is 0.278. The van der Waals surface area contributed by atoms with Gasteiger partial charge >= 0.3 is 0 Å². The lowest BCUT2D eigenvalue weighted by atomic mass is 10.0. The highest BCUT2D eigenvalue weighted by molar-refractivity contribution is 5.95. The molecule has 1 atom stereocenters. The number of benzene rings is 2. The molecule has 0 aliphatic rings. The summed E-state index contributed by atoms with van der Waals surface area (Å²) in [6.07, 6.45) is 0. The number of carbonyl (C=O) groups excluding carboxylic acids is 1. The van der Waals surface area contributed by atoms with Crippen LogP contribution in [0.3, 0.4) is 0 Å². The Bertz CT molecular complexity index is 603. The number of nitrogens with one attached hydrogen (secondary N) is 1. The molecule has 2 rings (SSSR count). The summed E-state index contributed by atoms with van der Waals surface area (Å²) in [5.41, 5.74) is 1.72. The standard InChI is InChI=1S/C18H21NO3/c1-13(14-7-5-4-6-8-14)12-19-18(20)15-9-16(21-2)11-17(10-15)22-3/h4-11,13H,12H2,1-3H3,(H,19,20). The summed E-state index contributed by atoms with van der Waals surface area (Å²) >= 11 is 0. The number of hydrogen-bond donors (Lipinski definition) is 1. The highest BCUT2D eigenvalue weighted by Gasteiger charge is 2.12. The zero-order chi connectivity index (χ0) is 15.9. The molecule has 22 heavy (non-hydrogen) atoms. The second kappa shape index (κ2) is 7.50. The van der Waals surface area contributed by atoms with Crippen LogP contribution in [0.1, 0.15) is 28.8 Å². The Morgan fingerprint density at radius 1 is 1.05 bits per heavy atom. The number of hydrogen-bond acceptors (Lipinski definition) is 3. The third-order valence-corrected chi connectivity index (χ3v) is 3.55. The maximum Gasteiger partial charge on any atom is 0.251 e. The van der Waals surface area contributed by atoms with Crippen LogP contribution in [0.4, 0.5) is 0 Å². The minimum atomic E-state index is -0.139. The van der Waals surface area contributed by atoms with Crippen LogP contribution in [0, 0.1) is 0 Å². The number of carbonyl (C=O) groups is 1. The molecule has 2 aromatic rings. The van der Waals surface area contributed by atoms with Gasteiger partial charge in [-0.3, -0.25) is 4.79 Å². The van der Waals surface area contributed by atoms with Crippen LogP contribution in [0.15, 0.2) is 48.5 Å². The van der Waals surface area contributed by atoms with Gasteiger partial charge in [0.25, 0.3) is 5.91 Å². The summed E-state index contributed by atoms with van der Waals surface area (Å²) in [6.45, 7) is 2.66. The van der Waals surface area contributed by atoms with Crippen molar-refractivity contribution in [2.45, 2.75) is 12.8 Å². The minimum Gasteiger partial charge on any atom is -0.497 e. The van der Waals surface area contributed by atoms with Crippen LogP contribution in [0.2, 0.25) is 0 Å². The van der Waals surface area contributed by atoms with E-state index in [1.165, 1.54) is 5.56 Å². The number of rotatable bonds is 6. The van der Waals surface area contributed by atoms with Gasteiger partial charge in [-0.1, -0.05) is 37.3 Å². The van der Waals surface area contributed by atoms with Crippen LogP contribution < -0.4 is 14.8 Å². The predicted octanol–water partition coefficient (Wildman–Crippen LogP) is 3.24. The van der Waals surface area contributed by atoms with Gasteiger partial charge in [0.1, 0.15) is 11.5 Å². The van der Waals surface area contributed by atoms with Crippen molar-refractivity contribution in [3.8, 4) is 11.5 Å². The first-order chi connectivity index (χ1) is 10.6. The summed E-state index contributed by atoms with van der Waals surface area (Å²) in [6, 6.07) is 15.2. The molecule has 0 aliphatic heterocycles. The zero-order valence-corrected chi connectivity index (χ0v) is 13.1. The molecule has 116 valence electrons. The number of amides is 1. The summed E-state index contributed by atoms with van der Waals surface area (Å²) in [4.78, 5) is 12.3. The van der Waals surface area contributed by atoms with Gasteiger partial charge in [0, 0.05) is 18.2 Å². The van der Waals surface area contributed by atoms with E-state index < -0.39 is 0 Å². The van der Waals surface area contributed by atoms with Crippen LogP contribution in [-0.4, -0.2) is 26.7 Å². The molecule has 0 heterocycles. The fourth-order valence-electron chi connectivity index (χ4n) is 2.19. The van der Waals surface area contributed by atoms with Crippen molar-refractivity contribution in [2.24, 2.45) is 0 Å². The first-order valence-corrected chi connectivity index (χ1v) is 7.20. The summed E-state index contributed by atoms with van der Waals surface area (Å²) in [5, 5.41) is 2.95. The third-order valence-electron chi connectivity index (χ3n) is 3.55. The first-order valence-electron chi connectivity index (χ1n) is 7.20. The lowest BCUT2D eigenvalue weighted by Gasteiger charge is -2.14. The van der Waals surface area contributed by atoms with Crippen LogP contribution in [-0.2, 0) is 0 Å². The van der Waals surface area contributed by atoms with Crippen molar-refractivity contribution in [2.75, 3.05) is 20.8 Å². The van der Waals surface area contributed by atoms with Gasteiger partial charge in [-0.2, -0.15) is 0 Å². The molecule has 0 aliphatic carbocycles. The van der Waals surface area contributed by atoms with Crippen LogP contribution >= 0.6 is 0 Å². The monoisotopic (exact) mass is 299 g/mol. The molecule has 0 radical (unpaired) electrons. The zero-order valence-electron chi connectivity index (χ0n) is 13.1. The van der Waals surface area contributed by atoms with E-state index in [4.69, 9.17) is 9.47 Å². The van der Waals surface area contributed by atoms with Crippen molar-refractivity contribution in [1.82, 2.24) is 5.32 Å². The summed E-state index contributed by atoms with van der Waals surface area (Å²) in [7, 11) is 3.13. The average Bonchev–Trinajstić information content (AvgIpc) is 2.59. The fourth-order valence-corrected chi connectivity index (χ4v) is 2.19. The molecule has 2 aromatic carbocycles. The van der Waals surface area contributed by atoms with E-state index in [-0.39, 0.29) is 11.8 Å². The maximum absolute atomic E-state index is 12.3. The smallest absolute Gasteiger partial charge is 0.251 e. The second-order valence-corrected chi connectivity index (χ2v) is 5.12. The molecule has 0 saturated carbocycles. The van der Waals surface area contributed by atoms with E-state index in [9.17, 15) is 4.79 Å². The van der Waals surface area contributed by atoms with Crippen molar-refractivity contribution < 1.29 is 14.3 Å². The van der Waals surface area contributed by atoms with E-state index in [1.54, 1.807) is 32.4 Å². The molecule has 0 aromatic heterocycles. The summed E-state index contributed by atoms with van der Waals surface area (Å²) < 4.78 is 10.4. The Kier molecular flexibility index (Phi) is 5.42. The maximum atomic E-state index is 12.3. The van der Waals surface area contributed by atoms with Crippen molar-refractivity contribution in [3.63, 3.8) is 0 Å². The Morgan fingerprint density at radius 3 is 2.18 bits per heavy atom. The second-order valence-electron chi connectivity index (χ2n) is 5.12. The molecule has 1 unspecified atom stereocenters. The highest BCUT2D eigenvalue weighted by Crippen LogP contribution is 2.22. The number of methoxy groups -OCH3 is 2. The van der Waals surface area contributed by atoms with Crippen molar-refractivity contribution >= 4 is 5.91 Å². The Morgan fingerprint density at radius 2 is 1.64 bits per heavy atom. The van der Waals surface area contributed by atoms with Crippen molar-refractivity contribution in [1.29, 1.82) is 0 Å². The highest BCUT2D eigenvalue weighted by atomic mass is 16.5. The minimum absolute atomic E-state index is 0.139. The Hall–Kier alpha value is -2.49. The molecular weight excluding hydrogens is 278 g/mol. The molecule has 1 amide bonds. The largest absolute Gasteiger partial charge is 0.497 e. The Labute approximate surface area is 131 Å². The predicted molar refractivity (Wildman–Crippen MR) is 86.7 cm³/mol. The average molecular weight is 299 g/mol. The topological polar surface area (TPSA) is 47.6 Å². The van der Waals surface area contributed by atoms with Crippen LogP contribution in [0.25, 0.3) is 0 Å². The molecule has 0 saturated heterocycles. The van der Waals surface area contributed by atoms with Gasteiger partial charge in [0.05, 0.1) is 14.2 Å². The van der Waals surface area contributed by atoms with E-state index in [0.717, 1.165) is 0 Å². The summed E-state index contributed by atoms with van der Waals surface area (Å²) in [5.74, 6) is 1.30. The number of ether oxygens (including phenoxy) is 2. The first kappa shape index (κ1) is 15.9. The SMILES string of the molecule is COc1cc(OC)cc(C(=O)NCC(C)c2ccccc2)c1. The van der Waals surface area contributed by atoms with Crippen molar-refractivity contribution in [3.05, 3.63) is 59.7 Å². The molecule has 0 bridgehead atoms. The van der Waals surface area contributed by atoms with Gasteiger partial charge in [-0.15, -0.1) is 0 Å². The molecule has 0 spiro atoms. The molecule has 0 fully saturated rings. The van der Waals surface area contributed by atoms with Gasteiger partial charge < -0.3 is 14.8 Å². The quantitative estimate of drug-likeness (QED) is 0.891. The normalized spacial score (nSPS) is 11.6. The van der Waals surface area contributed by atoms with Crippen LogP contribution in [0.5, 0.6) is 11.5 Å². The molecule has 4 nitrogen and oxygen atoms in total. The van der Waals surface area contributed by atoms with Gasteiger partial charge in [-0.25, -0.2) is 0 Å². The van der Waals surface area contributed by atoms with Gasteiger partial charge in [0.15, 0.2) is 0 Å². The van der Waals surface area contributed by atoms with Gasteiger partial charge in [0.2, 0.25) is 0 Å². The van der Waals surface area contributed by atoms with E-state index >= 15 is 0 Å². The third kappa shape index (κ3) is 4.01. The molecule has 1 N–H and O–H groups in total. The Balaban J connectivity index is 2.03. The lowest BCUT2D eigenvalue weighted by molar-refractivity contribution is 0.0951. The van der Waals surface area contributed by atoms with E-state index in [2.05, 4.69) is 24.4 Å². The molecule has 4 heteroatoms. The van der Waals surface area contributed by atoms with E-state index in [0.29, 0.717) is 23.6 Å².